The van der Waals surface area contributed by atoms with Crippen molar-refractivity contribution in [2.75, 3.05) is 26.7 Å². The Morgan fingerprint density at radius 2 is 2.15 bits per heavy atom. The highest BCUT2D eigenvalue weighted by atomic mass is 16.5. The number of nitrogens with zero attached hydrogens (tertiary/aromatic N) is 3. The highest BCUT2D eigenvalue weighted by Crippen LogP contribution is 2.28. The van der Waals surface area contributed by atoms with Crippen molar-refractivity contribution in [3.8, 4) is 0 Å². The SMILES string of the molecule is COC(=O)N1CCc2c(nc(C)n2C2CCNCC2)C1. The number of ether oxygens (including phenoxy) is 1. The number of aromatic nitrogens is 2. The average Bonchev–Trinajstić information content (AvgIpc) is 2.82. The van der Waals surface area contributed by atoms with Gasteiger partial charge in [-0.2, -0.15) is 0 Å². The number of amides is 1. The summed E-state index contributed by atoms with van der Waals surface area (Å²) in [5.74, 6) is 1.08. The lowest BCUT2D eigenvalue weighted by atomic mass is 10.0. The van der Waals surface area contributed by atoms with E-state index in [9.17, 15) is 4.79 Å². The monoisotopic (exact) mass is 278 g/mol. The van der Waals surface area contributed by atoms with Gasteiger partial charge in [0, 0.05) is 24.7 Å². The molecule has 0 saturated carbocycles. The van der Waals surface area contributed by atoms with E-state index >= 15 is 0 Å². The fraction of sp³-hybridized carbons (Fsp3) is 0.714. The molecule has 2 aliphatic heterocycles. The number of carbonyl (C=O) groups excluding carboxylic acids is 1. The Labute approximate surface area is 119 Å². The molecule has 110 valence electrons. The van der Waals surface area contributed by atoms with Crippen LogP contribution in [0.15, 0.2) is 0 Å². The summed E-state index contributed by atoms with van der Waals surface area (Å²) >= 11 is 0. The number of nitrogens with one attached hydrogen (secondary N) is 1. The Kier molecular flexibility index (Phi) is 3.65. The van der Waals surface area contributed by atoms with Crippen LogP contribution in [0.3, 0.4) is 0 Å². The summed E-state index contributed by atoms with van der Waals surface area (Å²) in [5.41, 5.74) is 2.35. The number of methoxy groups -OCH3 is 1. The quantitative estimate of drug-likeness (QED) is 0.839. The maximum Gasteiger partial charge on any atom is 0.409 e. The first-order chi connectivity index (χ1) is 9.70. The van der Waals surface area contributed by atoms with Crippen LogP contribution >= 0.6 is 0 Å². The third-order valence-corrected chi connectivity index (χ3v) is 4.34. The van der Waals surface area contributed by atoms with Crippen LogP contribution in [0.2, 0.25) is 0 Å². The molecule has 3 rings (SSSR count). The summed E-state index contributed by atoms with van der Waals surface area (Å²) in [4.78, 5) is 18.0. The minimum absolute atomic E-state index is 0.260. The molecule has 1 fully saturated rings. The zero-order valence-electron chi connectivity index (χ0n) is 12.2. The van der Waals surface area contributed by atoms with Gasteiger partial charge in [0.25, 0.3) is 0 Å². The second-order valence-corrected chi connectivity index (χ2v) is 5.55. The van der Waals surface area contributed by atoms with E-state index in [-0.39, 0.29) is 6.09 Å². The Balaban J connectivity index is 1.85. The van der Waals surface area contributed by atoms with Crippen LogP contribution in [-0.2, 0) is 17.7 Å². The van der Waals surface area contributed by atoms with E-state index in [1.807, 2.05) is 0 Å². The number of imidazole rings is 1. The number of rotatable bonds is 1. The minimum atomic E-state index is -0.260. The molecule has 1 amide bonds. The zero-order chi connectivity index (χ0) is 14.1. The molecule has 1 aromatic heterocycles. The summed E-state index contributed by atoms with van der Waals surface area (Å²) in [5, 5.41) is 3.40. The molecule has 6 nitrogen and oxygen atoms in total. The van der Waals surface area contributed by atoms with Crippen LogP contribution in [0.5, 0.6) is 0 Å². The molecule has 0 aliphatic carbocycles. The number of hydrogen-bond acceptors (Lipinski definition) is 4. The number of piperidine rings is 1. The van der Waals surface area contributed by atoms with Gasteiger partial charge in [0.2, 0.25) is 0 Å². The topological polar surface area (TPSA) is 59.4 Å². The van der Waals surface area contributed by atoms with Crippen molar-refractivity contribution in [3.05, 3.63) is 17.2 Å². The van der Waals surface area contributed by atoms with Crippen molar-refractivity contribution in [3.63, 3.8) is 0 Å². The van der Waals surface area contributed by atoms with Crippen LogP contribution in [0, 0.1) is 6.92 Å². The first kappa shape index (κ1) is 13.4. The molecule has 0 unspecified atom stereocenters. The summed E-state index contributed by atoms with van der Waals surface area (Å²) in [6.07, 6.45) is 2.92. The van der Waals surface area contributed by atoms with E-state index in [1.54, 1.807) is 4.90 Å². The van der Waals surface area contributed by atoms with Crippen molar-refractivity contribution < 1.29 is 9.53 Å². The molecule has 0 radical (unpaired) electrons. The van der Waals surface area contributed by atoms with Gasteiger partial charge in [-0.1, -0.05) is 0 Å². The van der Waals surface area contributed by atoms with Crippen LogP contribution in [-0.4, -0.2) is 47.3 Å². The van der Waals surface area contributed by atoms with Crippen LogP contribution in [0.1, 0.15) is 36.1 Å². The second kappa shape index (κ2) is 5.44. The Morgan fingerprint density at radius 3 is 2.85 bits per heavy atom. The first-order valence-electron chi connectivity index (χ1n) is 7.31. The van der Waals surface area contributed by atoms with Gasteiger partial charge in [-0.3, -0.25) is 0 Å². The van der Waals surface area contributed by atoms with Crippen LogP contribution in [0.4, 0.5) is 4.79 Å². The van der Waals surface area contributed by atoms with Crippen molar-refractivity contribution in [2.24, 2.45) is 0 Å². The summed E-state index contributed by atoms with van der Waals surface area (Å²) in [7, 11) is 1.43. The highest BCUT2D eigenvalue weighted by molar-refractivity contribution is 5.67. The van der Waals surface area contributed by atoms with Crippen LogP contribution in [0.25, 0.3) is 0 Å². The summed E-state index contributed by atoms with van der Waals surface area (Å²) < 4.78 is 7.21. The molecule has 0 aromatic carbocycles. The predicted octanol–water partition coefficient (Wildman–Crippen LogP) is 1.24. The van der Waals surface area contributed by atoms with Gasteiger partial charge in [0.1, 0.15) is 5.82 Å². The van der Waals surface area contributed by atoms with Gasteiger partial charge in [0.05, 0.1) is 19.3 Å². The van der Waals surface area contributed by atoms with E-state index in [2.05, 4.69) is 21.8 Å². The van der Waals surface area contributed by atoms with Gasteiger partial charge >= 0.3 is 6.09 Å². The van der Waals surface area contributed by atoms with E-state index in [0.717, 1.165) is 50.4 Å². The molecule has 6 heteroatoms. The van der Waals surface area contributed by atoms with Gasteiger partial charge < -0.3 is 19.5 Å². The van der Waals surface area contributed by atoms with Crippen molar-refractivity contribution in [2.45, 2.75) is 38.8 Å². The molecule has 1 N–H and O–H groups in total. The highest BCUT2D eigenvalue weighted by Gasteiger charge is 2.29. The molecule has 1 saturated heterocycles. The second-order valence-electron chi connectivity index (χ2n) is 5.55. The molecule has 1 aromatic rings. The number of carbonyl (C=O) groups is 1. The third kappa shape index (κ3) is 2.28. The van der Waals surface area contributed by atoms with Gasteiger partial charge in [-0.05, 0) is 32.9 Å². The van der Waals surface area contributed by atoms with Gasteiger partial charge in [-0.25, -0.2) is 9.78 Å². The number of hydrogen-bond donors (Lipinski definition) is 1. The molecule has 0 spiro atoms. The smallest absolute Gasteiger partial charge is 0.409 e. The van der Waals surface area contributed by atoms with Crippen molar-refractivity contribution in [1.29, 1.82) is 0 Å². The number of fused-ring (bicyclic) bond motifs is 1. The zero-order valence-corrected chi connectivity index (χ0v) is 12.2. The Morgan fingerprint density at radius 1 is 1.40 bits per heavy atom. The summed E-state index contributed by atoms with van der Waals surface area (Å²) in [6, 6.07) is 0.553. The minimum Gasteiger partial charge on any atom is -0.453 e. The molecular formula is C14H22N4O2. The van der Waals surface area contributed by atoms with E-state index < -0.39 is 0 Å². The molecule has 0 atom stereocenters. The third-order valence-electron chi connectivity index (χ3n) is 4.34. The Hall–Kier alpha value is -1.56. The molecule has 2 aliphatic rings. The lowest BCUT2D eigenvalue weighted by Gasteiger charge is -2.30. The predicted molar refractivity (Wildman–Crippen MR) is 74.6 cm³/mol. The van der Waals surface area contributed by atoms with E-state index in [0.29, 0.717) is 12.6 Å². The number of aryl methyl sites for hydroxylation is 1. The van der Waals surface area contributed by atoms with Crippen LogP contribution < -0.4 is 5.32 Å². The molecular weight excluding hydrogens is 256 g/mol. The van der Waals surface area contributed by atoms with Crippen molar-refractivity contribution >= 4 is 6.09 Å². The van der Waals surface area contributed by atoms with Crippen molar-refractivity contribution in [1.82, 2.24) is 19.8 Å². The standard InChI is InChI=1S/C14H22N4O2/c1-10-16-12-9-17(14(19)20-2)8-5-13(12)18(10)11-3-6-15-7-4-11/h11,15H,3-9H2,1-2H3. The van der Waals surface area contributed by atoms with E-state index in [4.69, 9.17) is 4.74 Å². The Bertz CT molecular complexity index is 506. The molecule has 0 bridgehead atoms. The van der Waals surface area contributed by atoms with E-state index in [1.165, 1.54) is 12.8 Å². The molecule has 20 heavy (non-hydrogen) atoms. The lowest BCUT2D eigenvalue weighted by molar-refractivity contribution is 0.117. The maximum absolute atomic E-state index is 11.6. The summed E-state index contributed by atoms with van der Waals surface area (Å²) in [6.45, 7) is 5.51. The largest absolute Gasteiger partial charge is 0.453 e. The fourth-order valence-corrected chi connectivity index (χ4v) is 3.37. The average molecular weight is 278 g/mol. The van der Waals surface area contributed by atoms with Gasteiger partial charge in [-0.15, -0.1) is 0 Å². The lowest BCUT2D eigenvalue weighted by Crippen LogP contribution is -2.37. The first-order valence-corrected chi connectivity index (χ1v) is 7.31. The maximum atomic E-state index is 11.6. The normalized spacial score (nSPS) is 19.8. The molecule has 3 heterocycles. The fourth-order valence-electron chi connectivity index (χ4n) is 3.37. The van der Waals surface area contributed by atoms with Gasteiger partial charge in [0.15, 0.2) is 0 Å².